The van der Waals surface area contributed by atoms with Crippen LogP contribution in [0.2, 0.25) is 0 Å². The second-order valence-corrected chi connectivity index (χ2v) is 5.37. The van der Waals surface area contributed by atoms with E-state index in [1.54, 1.807) is 13.3 Å². The van der Waals surface area contributed by atoms with Crippen molar-refractivity contribution in [1.82, 2.24) is 9.88 Å². The minimum Gasteiger partial charge on any atom is -0.496 e. The number of methoxy groups -OCH3 is 1. The minimum absolute atomic E-state index is 0.349. The number of hydrogen-bond donors (Lipinski definition) is 1. The summed E-state index contributed by atoms with van der Waals surface area (Å²) in [5.41, 5.74) is 8.79. The average Bonchev–Trinajstić information content (AvgIpc) is 2.47. The summed E-state index contributed by atoms with van der Waals surface area (Å²) >= 11 is 5.01. The number of pyridine rings is 1. The second-order valence-electron chi connectivity index (χ2n) is 4.93. The van der Waals surface area contributed by atoms with Gasteiger partial charge >= 0.3 is 0 Å². The van der Waals surface area contributed by atoms with Crippen LogP contribution in [0.3, 0.4) is 0 Å². The molecule has 0 aliphatic heterocycles. The third-order valence-electron chi connectivity index (χ3n) is 3.16. The van der Waals surface area contributed by atoms with Gasteiger partial charge in [-0.2, -0.15) is 0 Å². The molecule has 1 heterocycles. The highest BCUT2D eigenvalue weighted by molar-refractivity contribution is 7.80. The SMILES string of the molecule is COc1cc(CN(C)Cc2cccnc2)ccc1C(N)=S. The summed E-state index contributed by atoms with van der Waals surface area (Å²) in [6.07, 6.45) is 3.66. The summed E-state index contributed by atoms with van der Waals surface area (Å²) in [7, 11) is 3.70. The maximum Gasteiger partial charge on any atom is 0.129 e. The van der Waals surface area contributed by atoms with Crippen molar-refractivity contribution in [1.29, 1.82) is 0 Å². The molecule has 1 aromatic heterocycles. The molecule has 0 radical (unpaired) electrons. The Morgan fingerprint density at radius 3 is 2.67 bits per heavy atom. The van der Waals surface area contributed by atoms with Crippen LogP contribution >= 0.6 is 12.2 Å². The molecule has 2 rings (SSSR count). The van der Waals surface area contributed by atoms with Crippen LogP contribution < -0.4 is 10.5 Å². The van der Waals surface area contributed by atoms with Gasteiger partial charge in [-0.15, -0.1) is 0 Å². The number of nitrogens with two attached hydrogens (primary N) is 1. The van der Waals surface area contributed by atoms with Crippen LogP contribution in [0.15, 0.2) is 42.7 Å². The molecule has 21 heavy (non-hydrogen) atoms. The van der Waals surface area contributed by atoms with Crippen LogP contribution in [-0.2, 0) is 13.1 Å². The van der Waals surface area contributed by atoms with Gasteiger partial charge in [0.15, 0.2) is 0 Å². The van der Waals surface area contributed by atoms with Crippen molar-refractivity contribution in [2.24, 2.45) is 5.73 Å². The quantitative estimate of drug-likeness (QED) is 0.830. The fourth-order valence-electron chi connectivity index (χ4n) is 2.21. The molecule has 5 heteroatoms. The molecule has 110 valence electrons. The topological polar surface area (TPSA) is 51.4 Å². The molecule has 0 amide bonds. The Balaban J connectivity index is 2.07. The zero-order valence-corrected chi connectivity index (χ0v) is 13.1. The first-order valence-electron chi connectivity index (χ1n) is 6.64. The van der Waals surface area contributed by atoms with E-state index in [2.05, 4.69) is 23.0 Å². The number of benzene rings is 1. The molecule has 0 bridgehead atoms. The third kappa shape index (κ3) is 4.24. The Labute approximate surface area is 130 Å². The van der Waals surface area contributed by atoms with Crippen molar-refractivity contribution in [3.05, 3.63) is 59.4 Å². The van der Waals surface area contributed by atoms with Crippen LogP contribution in [0.25, 0.3) is 0 Å². The number of thiocarbonyl (C=S) groups is 1. The van der Waals surface area contributed by atoms with Gasteiger partial charge < -0.3 is 10.5 Å². The molecule has 0 spiro atoms. The lowest BCUT2D eigenvalue weighted by Gasteiger charge is -2.17. The molecular weight excluding hydrogens is 282 g/mol. The van der Waals surface area contributed by atoms with Crippen LogP contribution in [-0.4, -0.2) is 29.0 Å². The fraction of sp³-hybridized carbons (Fsp3) is 0.250. The van der Waals surface area contributed by atoms with Gasteiger partial charge in [0.1, 0.15) is 10.7 Å². The molecular formula is C16H19N3OS. The molecule has 0 unspecified atom stereocenters. The van der Waals surface area contributed by atoms with E-state index in [0.29, 0.717) is 4.99 Å². The Bertz CT molecular complexity index is 616. The molecule has 0 aliphatic carbocycles. The number of rotatable bonds is 6. The van der Waals surface area contributed by atoms with Gasteiger partial charge in [0.25, 0.3) is 0 Å². The Morgan fingerprint density at radius 1 is 1.29 bits per heavy atom. The van der Waals surface area contributed by atoms with Crippen LogP contribution in [0.1, 0.15) is 16.7 Å². The lowest BCUT2D eigenvalue weighted by molar-refractivity contribution is 0.318. The maximum atomic E-state index is 5.68. The van der Waals surface area contributed by atoms with E-state index in [4.69, 9.17) is 22.7 Å². The summed E-state index contributed by atoms with van der Waals surface area (Å²) < 4.78 is 5.35. The van der Waals surface area contributed by atoms with Gasteiger partial charge in [0.2, 0.25) is 0 Å². The lowest BCUT2D eigenvalue weighted by Crippen LogP contribution is -2.18. The minimum atomic E-state index is 0.349. The maximum absolute atomic E-state index is 5.68. The predicted octanol–water partition coefficient (Wildman–Crippen LogP) is 2.36. The number of aromatic nitrogens is 1. The zero-order chi connectivity index (χ0) is 15.2. The van der Waals surface area contributed by atoms with Crippen molar-refractivity contribution in [3.8, 4) is 5.75 Å². The summed E-state index contributed by atoms with van der Waals surface area (Å²) in [6.45, 7) is 1.65. The van der Waals surface area contributed by atoms with E-state index < -0.39 is 0 Å². The monoisotopic (exact) mass is 301 g/mol. The fourth-order valence-corrected chi connectivity index (χ4v) is 2.38. The normalized spacial score (nSPS) is 10.6. The standard InChI is InChI=1S/C16H19N3OS/c1-19(11-13-4-3-7-18-9-13)10-12-5-6-14(16(17)21)15(8-12)20-2/h3-9H,10-11H2,1-2H3,(H2,17,21). The molecule has 0 atom stereocenters. The van der Waals surface area contributed by atoms with Gasteiger partial charge in [0, 0.05) is 25.5 Å². The Kier molecular flexibility index (Phi) is 5.25. The molecule has 0 fully saturated rings. The number of hydrogen-bond acceptors (Lipinski definition) is 4. The summed E-state index contributed by atoms with van der Waals surface area (Å²) in [5, 5.41) is 0. The second kappa shape index (κ2) is 7.15. The molecule has 0 aliphatic rings. The third-order valence-corrected chi connectivity index (χ3v) is 3.38. The largest absolute Gasteiger partial charge is 0.496 e. The Hall–Kier alpha value is -1.98. The molecule has 2 N–H and O–H groups in total. The smallest absolute Gasteiger partial charge is 0.129 e. The summed E-state index contributed by atoms with van der Waals surface area (Å²) in [4.78, 5) is 6.69. The van der Waals surface area contributed by atoms with E-state index in [-0.39, 0.29) is 0 Å². The molecule has 1 aromatic carbocycles. The van der Waals surface area contributed by atoms with Gasteiger partial charge in [-0.25, -0.2) is 0 Å². The van der Waals surface area contributed by atoms with E-state index in [9.17, 15) is 0 Å². The average molecular weight is 301 g/mol. The number of ether oxygens (including phenoxy) is 1. The molecule has 2 aromatic rings. The highest BCUT2D eigenvalue weighted by Crippen LogP contribution is 2.21. The summed E-state index contributed by atoms with van der Waals surface area (Å²) in [6, 6.07) is 9.93. The predicted molar refractivity (Wildman–Crippen MR) is 88.3 cm³/mol. The van der Waals surface area contributed by atoms with Crippen LogP contribution in [0.4, 0.5) is 0 Å². The van der Waals surface area contributed by atoms with Gasteiger partial charge in [0.05, 0.1) is 12.7 Å². The van der Waals surface area contributed by atoms with Crippen molar-refractivity contribution >= 4 is 17.2 Å². The van der Waals surface area contributed by atoms with E-state index in [1.807, 2.05) is 30.5 Å². The van der Waals surface area contributed by atoms with Gasteiger partial charge in [-0.05, 0) is 36.4 Å². The van der Waals surface area contributed by atoms with E-state index in [1.165, 1.54) is 5.56 Å². The first kappa shape index (κ1) is 15.4. The number of nitrogens with zero attached hydrogens (tertiary/aromatic N) is 2. The van der Waals surface area contributed by atoms with Crippen molar-refractivity contribution in [2.45, 2.75) is 13.1 Å². The lowest BCUT2D eigenvalue weighted by atomic mass is 10.1. The van der Waals surface area contributed by atoms with Crippen molar-refractivity contribution in [3.63, 3.8) is 0 Å². The van der Waals surface area contributed by atoms with Crippen molar-refractivity contribution in [2.75, 3.05) is 14.2 Å². The van der Waals surface area contributed by atoms with Gasteiger partial charge in [-0.3, -0.25) is 9.88 Å². The Morgan fingerprint density at radius 2 is 2.05 bits per heavy atom. The highest BCUT2D eigenvalue weighted by Gasteiger charge is 2.08. The zero-order valence-electron chi connectivity index (χ0n) is 12.2. The molecule has 4 nitrogen and oxygen atoms in total. The van der Waals surface area contributed by atoms with Crippen molar-refractivity contribution < 1.29 is 4.74 Å². The van der Waals surface area contributed by atoms with Gasteiger partial charge in [-0.1, -0.05) is 24.4 Å². The highest BCUT2D eigenvalue weighted by atomic mass is 32.1. The van der Waals surface area contributed by atoms with E-state index in [0.717, 1.165) is 30.0 Å². The summed E-state index contributed by atoms with van der Waals surface area (Å²) in [5.74, 6) is 0.717. The first-order valence-corrected chi connectivity index (χ1v) is 7.05. The molecule has 0 saturated heterocycles. The van der Waals surface area contributed by atoms with E-state index >= 15 is 0 Å². The van der Waals surface area contributed by atoms with Crippen LogP contribution in [0.5, 0.6) is 5.75 Å². The van der Waals surface area contributed by atoms with Crippen LogP contribution in [0, 0.1) is 0 Å². The molecule has 0 saturated carbocycles. The first-order chi connectivity index (χ1) is 10.1.